The molecule has 2 heterocycles. The Morgan fingerprint density at radius 2 is 2.14 bits per heavy atom. The van der Waals surface area contributed by atoms with Gasteiger partial charge in [-0.3, -0.25) is 14.5 Å². The minimum atomic E-state index is 0.478. The SMILES string of the molecule is CCN1CCN(CCn2cc(CNC(C)C)nn2)CC1C. The van der Waals surface area contributed by atoms with Crippen molar-refractivity contribution >= 4 is 0 Å². The van der Waals surface area contributed by atoms with Crippen LogP contribution < -0.4 is 5.32 Å². The maximum Gasteiger partial charge on any atom is 0.0964 e. The van der Waals surface area contributed by atoms with E-state index in [2.05, 4.69) is 59.3 Å². The fourth-order valence-corrected chi connectivity index (χ4v) is 2.82. The van der Waals surface area contributed by atoms with Crippen molar-refractivity contribution in [3.63, 3.8) is 0 Å². The summed E-state index contributed by atoms with van der Waals surface area (Å²) in [6, 6.07) is 1.14. The second kappa shape index (κ2) is 7.87. The number of likely N-dealkylation sites (N-methyl/N-ethyl adjacent to an activating group) is 1. The molecule has 0 bridgehead atoms. The molecule has 1 aliphatic heterocycles. The predicted molar refractivity (Wildman–Crippen MR) is 85.1 cm³/mol. The van der Waals surface area contributed by atoms with Crippen molar-refractivity contribution in [3.8, 4) is 0 Å². The lowest BCUT2D eigenvalue weighted by Gasteiger charge is -2.39. The summed E-state index contributed by atoms with van der Waals surface area (Å²) in [5.74, 6) is 0. The summed E-state index contributed by atoms with van der Waals surface area (Å²) in [7, 11) is 0. The van der Waals surface area contributed by atoms with Gasteiger partial charge in [0.2, 0.25) is 0 Å². The lowest BCUT2D eigenvalue weighted by molar-refractivity contribution is 0.0850. The molecule has 0 aliphatic carbocycles. The molecule has 1 atom stereocenters. The Balaban J connectivity index is 1.73. The molecule has 0 amide bonds. The Kier molecular flexibility index (Phi) is 6.14. The molecule has 6 nitrogen and oxygen atoms in total. The highest BCUT2D eigenvalue weighted by molar-refractivity contribution is 4.92. The van der Waals surface area contributed by atoms with Gasteiger partial charge in [-0.1, -0.05) is 26.0 Å². The number of aromatic nitrogens is 3. The highest BCUT2D eigenvalue weighted by Gasteiger charge is 2.21. The molecule has 1 N–H and O–H groups in total. The van der Waals surface area contributed by atoms with Gasteiger partial charge in [0.15, 0.2) is 0 Å². The molecule has 120 valence electrons. The van der Waals surface area contributed by atoms with Crippen molar-refractivity contribution in [1.29, 1.82) is 0 Å². The third-order valence-electron chi connectivity index (χ3n) is 4.18. The van der Waals surface area contributed by atoms with E-state index in [0.29, 0.717) is 12.1 Å². The van der Waals surface area contributed by atoms with Gasteiger partial charge in [0.05, 0.1) is 12.2 Å². The molecule has 2 rings (SSSR count). The van der Waals surface area contributed by atoms with Gasteiger partial charge in [0.25, 0.3) is 0 Å². The third-order valence-corrected chi connectivity index (χ3v) is 4.18. The lowest BCUT2D eigenvalue weighted by Crippen LogP contribution is -2.52. The molecular formula is C15H30N6. The standard InChI is InChI=1S/C15H30N6/c1-5-20-8-6-19(11-14(20)4)7-9-21-12-15(17-18-21)10-16-13(2)3/h12-14,16H,5-11H2,1-4H3. The van der Waals surface area contributed by atoms with E-state index < -0.39 is 0 Å². The molecule has 0 aromatic carbocycles. The molecular weight excluding hydrogens is 264 g/mol. The van der Waals surface area contributed by atoms with E-state index in [4.69, 9.17) is 0 Å². The number of rotatable bonds is 7. The van der Waals surface area contributed by atoms with E-state index in [9.17, 15) is 0 Å². The van der Waals surface area contributed by atoms with Gasteiger partial charge < -0.3 is 5.32 Å². The minimum Gasteiger partial charge on any atom is -0.309 e. The topological polar surface area (TPSA) is 49.2 Å². The van der Waals surface area contributed by atoms with Gasteiger partial charge in [-0.2, -0.15) is 0 Å². The summed E-state index contributed by atoms with van der Waals surface area (Å²) in [5.41, 5.74) is 1.02. The predicted octanol–water partition coefficient (Wildman–Crippen LogP) is 0.802. The van der Waals surface area contributed by atoms with Crippen molar-refractivity contribution in [3.05, 3.63) is 11.9 Å². The Labute approximate surface area is 128 Å². The number of nitrogens with one attached hydrogen (secondary N) is 1. The number of nitrogens with zero attached hydrogens (tertiary/aromatic N) is 5. The van der Waals surface area contributed by atoms with Gasteiger partial charge in [0.1, 0.15) is 0 Å². The van der Waals surface area contributed by atoms with E-state index in [1.807, 2.05) is 4.68 Å². The fourth-order valence-electron chi connectivity index (χ4n) is 2.82. The Morgan fingerprint density at radius 3 is 2.81 bits per heavy atom. The summed E-state index contributed by atoms with van der Waals surface area (Å²) in [4.78, 5) is 5.08. The second-order valence-corrected chi connectivity index (χ2v) is 6.29. The van der Waals surface area contributed by atoms with E-state index in [0.717, 1.165) is 45.0 Å². The quantitative estimate of drug-likeness (QED) is 0.806. The highest BCUT2D eigenvalue weighted by Crippen LogP contribution is 2.08. The molecule has 0 radical (unpaired) electrons. The Morgan fingerprint density at radius 1 is 1.33 bits per heavy atom. The molecule has 1 aliphatic rings. The average molecular weight is 294 g/mol. The van der Waals surface area contributed by atoms with Crippen LogP contribution in [0.4, 0.5) is 0 Å². The molecule has 1 aromatic rings. The zero-order chi connectivity index (χ0) is 15.2. The molecule has 21 heavy (non-hydrogen) atoms. The average Bonchev–Trinajstić information content (AvgIpc) is 2.91. The van der Waals surface area contributed by atoms with Crippen LogP contribution in [0.3, 0.4) is 0 Å². The second-order valence-electron chi connectivity index (χ2n) is 6.29. The Hall–Kier alpha value is -0.980. The van der Waals surface area contributed by atoms with Crippen molar-refractivity contribution < 1.29 is 0 Å². The smallest absolute Gasteiger partial charge is 0.0964 e. The molecule has 0 saturated carbocycles. The van der Waals surface area contributed by atoms with Crippen molar-refractivity contribution in [2.24, 2.45) is 0 Å². The van der Waals surface area contributed by atoms with Gasteiger partial charge in [-0.15, -0.1) is 5.10 Å². The molecule has 6 heteroatoms. The van der Waals surface area contributed by atoms with E-state index >= 15 is 0 Å². The van der Waals surface area contributed by atoms with Gasteiger partial charge in [0, 0.05) is 51.0 Å². The van der Waals surface area contributed by atoms with Crippen LogP contribution in [0.2, 0.25) is 0 Å². The van der Waals surface area contributed by atoms with E-state index in [1.165, 1.54) is 6.54 Å². The summed E-state index contributed by atoms with van der Waals surface area (Å²) in [6.45, 7) is 16.3. The van der Waals surface area contributed by atoms with Crippen molar-refractivity contribution in [1.82, 2.24) is 30.1 Å². The third kappa shape index (κ3) is 5.05. The van der Waals surface area contributed by atoms with Crippen LogP contribution in [0.1, 0.15) is 33.4 Å². The zero-order valence-electron chi connectivity index (χ0n) is 13.9. The van der Waals surface area contributed by atoms with Crippen LogP contribution in [0.15, 0.2) is 6.20 Å². The summed E-state index contributed by atoms with van der Waals surface area (Å²) in [5, 5.41) is 11.8. The largest absolute Gasteiger partial charge is 0.309 e. The first-order valence-electron chi connectivity index (χ1n) is 8.17. The maximum absolute atomic E-state index is 4.22. The highest BCUT2D eigenvalue weighted by atomic mass is 15.4. The van der Waals surface area contributed by atoms with Crippen LogP contribution in [-0.2, 0) is 13.1 Å². The van der Waals surface area contributed by atoms with Gasteiger partial charge >= 0.3 is 0 Å². The first kappa shape index (κ1) is 16.4. The molecule has 1 aromatic heterocycles. The zero-order valence-corrected chi connectivity index (χ0v) is 13.9. The maximum atomic E-state index is 4.22. The van der Waals surface area contributed by atoms with E-state index in [-0.39, 0.29) is 0 Å². The molecule has 1 fully saturated rings. The minimum absolute atomic E-state index is 0.478. The fraction of sp³-hybridized carbons (Fsp3) is 0.867. The normalized spacial score (nSPS) is 21.3. The number of hydrogen-bond acceptors (Lipinski definition) is 5. The van der Waals surface area contributed by atoms with Crippen LogP contribution in [0.25, 0.3) is 0 Å². The number of piperazine rings is 1. The molecule has 0 spiro atoms. The van der Waals surface area contributed by atoms with Crippen LogP contribution in [0.5, 0.6) is 0 Å². The molecule has 1 saturated heterocycles. The van der Waals surface area contributed by atoms with Gasteiger partial charge in [-0.25, -0.2) is 0 Å². The molecule has 1 unspecified atom stereocenters. The van der Waals surface area contributed by atoms with Crippen LogP contribution in [-0.4, -0.2) is 69.6 Å². The lowest BCUT2D eigenvalue weighted by atomic mass is 10.2. The summed E-state index contributed by atoms with van der Waals surface area (Å²) < 4.78 is 1.97. The number of hydrogen-bond donors (Lipinski definition) is 1. The summed E-state index contributed by atoms with van der Waals surface area (Å²) in [6.07, 6.45) is 2.06. The first-order chi connectivity index (χ1) is 10.1. The van der Waals surface area contributed by atoms with Gasteiger partial charge in [-0.05, 0) is 13.5 Å². The van der Waals surface area contributed by atoms with Crippen LogP contribution in [0, 0.1) is 0 Å². The monoisotopic (exact) mass is 294 g/mol. The van der Waals surface area contributed by atoms with Crippen molar-refractivity contribution in [2.75, 3.05) is 32.7 Å². The van der Waals surface area contributed by atoms with Crippen LogP contribution >= 0.6 is 0 Å². The van der Waals surface area contributed by atoms with E-state index in [1.54, 1.807) is 0 Å². The summed E-state index contributed by atoms with van der Waals surface area (Å²) >= 11 is 0. The Bertz CT molecular complexity index is 416. The first-order valence-corrected chi connectivity index (χ1v) is 8.17. The van der Waals surface area contributed by atoms with Crippen molar-refractivity contribution in [2.45, 2.75) is 52.9 Å².